The lowest BCUT2D eigenvalue weighted by molar-refractivity contribution is -0.138. The number of piperazine rings is 1. The SMILES string of the molecule is O=C(O)CC(CC(=O)N1CCN(Cc2ccccc2)CC1)c1cccs1. The predicted octanol–water partition coefficient (Wildman–Crippen LogP) is 3.04. The number of carbonyl (C=O) groups is 2. The van der Waals surface area contributed by atoms with E-state index in [0.29, 0.717) is 13.1 Å². The Morgan fingerprint density at radius 1 is 1.00 bits per heavy atom. The zero-order valence-corrected chi connectivity index (χ0v) is 15.5. The maximum atomic E-state index is 12.7. The Kier molecular flexibility index (Phi) is 6.41. The summed E-state index contributed by atoms with van der Waals surface area (Å²) >= 11 is 1.52. The molecule has 6 heteroatoms. The summed E-state index contributed by atoms with van der Waals surface area (Å²) in [5, 5.41) is 11.1. The van der Waals surface area contributed by atoms with Crippen molar-refractivity contribution in [3.63, 3.8) is 0 Å². The fourth-order valence-electron chi connectivity index (χ4n) is 3.34. The molecule has 0 bridgehead atoms. The average molecular weight is 372 g/mol. The predicted molar refractivity (Wildman–Crippen MR) is 102 cm³/mol. The van der Waals surface area contributed by atoms with Gasteiger partial charge in [-0.15, -0.1) is 11.3 Å². The highest BCUT2D eigenvalue weighted by molar-refractivity contribution is 7.10. The summed E-state index contributed by atoms with van der Waals surface area (Å²) < 4.78 is 0. The largest absolute Gasteiger partial charge is 0.481 e. The molecule has 1 fully saturated rings. The van der Waals surface area contributed by atoms with Crippen LogP contribution in [0.15, 0.2) is 47.8 Å². The van der Waals surface area contributed by atoms with E-state index in [2.05, 4.69) is 17.0 Å². The summed E-state index contributed by atoms with van der Waals surface area (Å²) in [4.78, 5) is 29.0. The number of aliphatic carboxylic acids is 1. The van der Waals surface area contributed by atoms with Crippen molar-refractivity contribution >= 4 is 23.2 Å². The second-order valence-electron chi connectivity index (χ2n) is 6.66. The number of thiophene rings is 1. The fraction of sp³-hybridized carbons (Fsp3) is 0.400. The standard InChI is InChI=1S/C20H24N2O3S/c23-19(13-17(14-20(24)25)18-7-4-12-26-18)22-10-8-21(9-11-22)15-16-5-2-1-3-6-16/h1-7,12,17H,8-11,13-15H2,(H,24,25). The zero-order valence-electron chi connectivity index (χ0n) is 14.7. The Hall–Kier alpha value is -2.18. The molecular formula is C20H24N2O3S. The lowest BCUT2D eigenvalue weighted by Gasteiger charge is -2.35. The Labute approximate surface area is 157 Å². The molecule has 0 aliphatic carbocycles. The monoisotopic (exact) mass is 372 g/mol. The van der Waals surface area contributed by atoms with E-state index in [1.54, 1.807) is 0 Å². The summed E-state index contributed by atoms with van der Waals surface area (Å²) in [6.45, 7) is 4.01. The van der Waals surface area contributed by atoms with Gasteiger partial charge < -0.3 is 10.0 Å². The van der Waals surface area contributed by atoms with Gasteiger partial charge in [0.2, 0.25) is 5.91 Å². The number of nitrogens with zero attached hydrogens (tertiary/aromatic N) is 2. The highest BCUT2D eigenvalue weighted by Gasteiger charge is 2.26. The van der Waals surface area contributed by atoms with Gasteiger partial charge in [-0.2, -0.15) is 0 Å². The first-order valence-corrected chi connectivity index (χ1v) is 9.79. The first-order valence-electron chi connectivity index (χ1n) is 8.91. The lowest BCUT2D eigenvalue weighted by atomic mass is 9.98. The van der Waals surface area contributed by atoms with E-state index in [-0.39, 0.29) is 24.7 Å². The molecule has 2 aromatic rings. The molecule has 5 nitrogen and oxygen atoms in total. The highest BCUT2D eigenvalue weighted by Crippen LogP contribution is 2.28. The number of amides is 1. The molecule has 1 aliphatic heterocycles. The number of carboxylic acid groups (broad SMARTS) is 1. The van der Waals surface area contributed by atoms with Gasteiger partial charge in [-0.3, -0.25) is 14.5 Å². The Morgan fingerprint density at radius 2 is 1.73 bits per heavy atom. The van der Waals surface area contributed by atoms with Crippen LogP contribution in [0.3, 0.4) is 0 Å². The number of hydrogen-bond acceptors (Lipinski definition) is 4. The van der Waals surface area contributed by atoms with Crippen molar-refractivity contribution < 1.29 is 14.7 Å². The molecular weight excluding hydrogens is 348 g/mol. The minimum Gasteiger partial charge on any atom is -0.481 e. The molecule has 1 N–H and O–H groups in total. The summed E-state index contributed by atoms with van der Waals surface area (Å²) in [6.07, 6.45) is 0.270. The maximum Gasteiger partial charge on any atom is 0.304 e. The van der Waals surface area contributed by atoms with Gasteiger partial charge in [0.25, 0.3) is 0 Å². The number of hydrogen-bond donors (Lipinski definition) is 1. The first kappa shape index (κ1) is 18.6. The zero-order chi connectivity index (χ0) is 18.4. The van der Waals surface area contributed by atoms with Crippen molar-refractivity contribution in [2.45, 2.75) is 25.3 Å². The van der Waals surface area contributed by atoms with Crippen molar-refractivity contribution in [3.8, 4) is 0 Å². The van der Waals surface area contributed by atoms with Crippen LogP contribution in [0.2, 0.25) is 0 Å². The quantitative estimate of drug-likeness (QED) is 0.812. The van der Waals surface area contributed by atoms with Gasteiger partial charge in [0, 0.05) is 49.9 Å². The van der Waals surface area contributed by atoms with Gasteiger partial charge in [-0.1, -0.05) is 36.4 Å². The molecule has 0 radical (unpaired) electrons. The first-order chi connectivity index (χ1) is 12.6. The Morgan fingerprint density at radius 3 is 2.35 bits per heavy atom. The van der Waals surface area contributed by atoms with Crippen LogP contribution in [-0.2, 0) is 16.1 Å². The Balaban J connectivity index is 1.51. The molecule has 138 valence electrons. The lowest BCUT2D eigenvalue weighted by Crippen LogP contribution is -2.48. The molecule has 0 spiro atoms. The molecule has 2 heterocycles. The third-order valence-corrected chi connectivity index (χ3v) is 5.80. The van der Waals surface area contributed by atoms with E-state index in [1.165, 1.54) is 16.9 Å². The van der Waals surface area contributed by atoms with Gasteiger partial charge in [0.05, 0.1) is 6.42 Å². The molecule has 1 unspecified atom stereocenters. The summed E-state index contributed by atoms with van der Waals surface area (Å²) in [5.41, 5.74) is 1.28. The maximum absolute atomic E-state index is 12.7. The van der Waals surface area contributed by atoms with E-state index in [9.17, 15) is 9.59 Å². The number of carbonyl (C=O) groups excluding carboxylic acids is 1. The second kappa shape index (κ2) is 8.96. The topological polar surface area (TPSA) is 60.9 Å². The van der Waals surface area contributed by atoms with E-state index in [4.69, 9.17) is 5.11 Å². The van der Waals surface area contributed by atoms with E-state index < -0.39 is 5.97 Å². The van der Waals surface area contributed by atoms with E-state index >= 15 is 0 Å². The fourth-order valence-corrected chi connectivity index (χ4v) is 4.18. The van der Waals surface area contributed by atoms with Crippen LogP contribution in [-0.4, -0.2) is 53.0 Å². The number of carboxylic acids is 1. The molecule has 3 rings (SSSR count). The van der Waals surface area contributed by atoms with Crippen LogP contribution in [0.5, 0.6) is 0 Å². The third kappa shape index (κ3) is 5.16. The van der Waals surface area contributed by atoms with Crippen molar-refractivity contribution in [2.24, 2.45) is 0 Å². The van der Waals surface area contributed by atoms with Crippen molar-refractivity contribution in [2.75, 3.05) is 26.2 Å². The van der Waals surface area contributed by atoms with Gasteiger partial charge in [-0.05, 0) is 17.0 Å². The molecule has 1 aromatic carbocycles. The molecule has 1 aromatic heterocycles. The van der Waals surface area contributed by atoms with E-state index in [1.807, 2.05) is 40.6 Å². The summed E-state index contributed by atoms with van der Waals surface area (Å²) in [6, 6.07) is 14.2. The molecule has 1 amide bonds. The third-order valence-electron chi connectivity index (χ3n) is 4.76. The molecule has 1 saturated heterocycles. The second-order valence-corrected chi connectivity index (χ2v) is 7.64. The minimum absolute atomic E-state index is 0.000224. The molecule has 1 atom stereocenters. The van der Waals surface area contributed by atoms with Gasteiger partial charge in [0.1, 0.15) is 0 Å². The van der Waals surface area contributed by atoms with Gasteiger partial charge in [-0.25, -0.2) is 0 Å². The van der Waals surface area contributed by atoms with Crippen LogP contribution >= 0.6 is 11.3 Å². The van der Waals surface area contributed by atoms with Gasteiger partial charge >= 0.3 is 5.97 Å². The molecule has 26 heavy (non-hydrogen) atoms. The summed E-state index contributed by atoms with van der Waals surface area (Å²) in [5.74, 6) is -1.03. The van der Waals surface area contributed by atoms with Crippen LogP contribution in [0.4, 0.5) is 0 Å². The average Bonchev–Trinajstić information content (AvgIpc) is 3.17. The van der Waals surface area contributed by atoms with Crippen LogP contribution in [0, 0.1) is 0 Å². The minimum atomic E-state index is -0.858. The molecule has 1 aliphatic rings. The van der Waals surface area contributed by atoms with E-state index in [0.717, 1.165) is 24.5 Å². The van der Waals surface area contributed by atoms with Crippen LogP contribution in [0.1, 0.15) is 29.2 Å². The molecule has 0 saturated carbocycles. The Bertz CT molecular complexity index is 710. The van der Waals surface area contributed by atoms with Crippen LogP contribution < -0.4 is 0 Å². The van der Waals surface area contributed by atoms with Crippen molar-refractivity contribution in [1.82, 2.24) is 9.80 Å². The van der Waals surface area contributed by atoms with Crippen molar-refractivity contribution in [1.29, 1.82) is 0 Å². The summed E-state index contributed by atoms with van der Waals surface area (Å²) in [7, 11) is 0. The van der Waals surface area contributed by atoms with Crippen molar-refractivity contribution in [3.05, 3.63) is 58.3 Å². The highest BCUT2D eigenvalue weighted by atomic mass is 32.1. The van der Waals surface area contributed by atoms with Crippen LogP contribution in [0.25, 0.3) is 0 Å². The van der Waals surface area contributed by atoms with Gasteiger partial charge in [0.15, 0.2) is 0 Å². The normalized spacial score (nSPS) is 16.4. The number of rotatable bonds is 7. The smallest absolute Gasteiger partial charge is 0.304 e. The number of benzene rings is 1.